The van der Waals surface area contributed by atoms with Crippen molar-refractivity contribution in [3.05, 3.63) is 82.3 Å². The molecular weight excluding hydrogens is 383 g/mol. The number of amides is 2. The van der Waals surface area contributed by atoms with Gasteiger partial charge in [-0.05, 0) is 61.0 Å². The van der Waals surface area contributed by atoms with Gasteiger partial charge in [0.1, 0.15) is 22.9 Å². The maximum absolute atomic E-state index is 13.1. The van der Waals surface area contributed by atoms with Crippen molar-refractivity contribution in [1.29, 1.82) is 0 Å². The van der Waals surface area contributed by atoms with E-state index < -0.39 is 17.6 Å². The molecule has 0 atom stereocenters. The highest BCUT2D eigenvalue weighted by atomic mass is 35.5. The number of carbonyl (C=O) groups is 2. The van der Waals surface area contributed by atoms with E-state index in [1.807, 2.05) is 19.1 Å². The predicted molar refractivity (Wildman–Crippen MR) is 104 cm³/mol. The summed E-state index contributed by atoms with van der Waals surface area (Å²) >= 11 is 6.15. The molecule has 0 saturated carbocycles. The van der Waals surface area contributed by atoms with Crippen LogP contribution in [-0.2, 0) is 9.59 Å². The van der Waals surface area contributed by atoms with E-state index in [4.69, 9.17) is 16.0 Å². The lowest BCUT2D eigenvalue weighted by Crippen LogP contribution is -2.35. The van der Waals surface area contributed by atoms with Gasteiger partial charge in [0.05, 0.1) is 5.69 Å². The number of anilines is 1. The summed E-state index contributed by atoms with van der Waals surface area (Å²) in [6, 6.07) is 14.1. The number of carbonyl (C=O) groups excluding carboxylic acids is 2. The summed E-state index contributed by atoms with van der Waals surface area (Å²) < 4.78 is 18.9. The summed E-state index contributed by atoms with van der Waals surface area (Å²) in [6.07, 6.45) is 1.38. The van der Waals surface area contributed by atoms with Crippen molar-refractivity contribution in [1.82, 2.24) is 5.43 Å². The molecule has 1 aliphatic rings. The first-order chi connectivity index (χ1) is 13.4. The minimum absolute atomic E-state index is 0.0759. The highest BCUT2D eigenvalue weighted by Crippen LogP contribution is 2.30. The Bertz CT molecular complexity index is 1120. The molecule has 1 aliphatic heterocycles. The fraction of sp³-hybridized carbons (Fsp3) is 0.0476. The van der Waals surface area contributed by atoms with E-state index in [0.29, 0.717) is 22.2 Å². The molecule has 0 aliphatic carbocycles. The first-order valence-electron chi connectivity index (χ1n) is 8.42. The Kier molecular flexibility index (Phi) is 4.49. The zero-order valence-electron chi connectivity index (χ0n) is 14.7. The molecule has 28 heavy (non-hydrogen) atoms. The highest BCUT2D eigenvalue weighted by molar-refractivity contribution is 6.32. The first-order valence-corrected chi connectivity index (χ1v) is 8.80. The van der Waals surface area contributed by atoms with E-state index in [0.717, 1.165) is 16.1 Å². The Hall–Kier alpha value is -3.38. The van der Waals surface area contributed by atoms with Gasteiger partial charge >= 0.3 is 0 Å². The van der Waals surface area contributed by atoms with Crippen molar-refractivity contribution < 1.29 is 18.4 Å². The molecular formula is C21H14ClFN2O3. The summed E-state index contributed by atoms with van der Waals surface area (Å²) in [5.41, 5.74) is 4.44. The van der Waals surface area contributed by atoms with Crippen LogP contribution in [0.4, 0.5) is 10.1 Å². The van der Waals surface area contributed by atoms with Crippen LogP contribution in [-0.4, -0.2) is 11.8 Å². The van der Waals surface area contributed by atoms with Crippen molar-refractivity contribution >= 4 is 35.2 Å². The Morgan fingerprint density at radius 2 is 1.82 bits per heavy atom. The van der Waals surface area contributed by atoms with Gasteiger partial charge in [-0.1, -0.05) is 23.7 Å². The van der Waals surface area contributed by atoms with Crippen LogP contribution in [0, 0.1) is 12.7 Å². The van der Waals surface area contributed by atoms with Crippen molar-refractivity contribution in [3.63, 3.8) is 0 Å². The molecule has 7 heteroatoms. The van der Waals surface area contributed by atoms with E-state index in [1.165, 1.54) is 30.3 Å². The van der Waals surface area contributed by atoms with Crippen LogP contribution in [0.25, 0.3) is 17.4 Å². The van der Waals surface area contributed by atoms with Crippen LogP contribution in [0.1, 0.15) is 11.3 Å². The molecule has 5 nitrogen and oxygen atoms in total. The van der Waals surface area contributed by atoms with Crippen LogP contribution < -0.4 is 10.4 Å². The highest BCUT2D eigenvalue weighted by Gasteiger charge is 2.34. The van der Waals surface area contributed by atoms with E-state index in [9.17, 15) is 14.0 Å². The topological polar surface area (TPSA) is 62.6 Å². The van der Waals surface area contributed by atoms with Gasteiger partial charge in [0.2, 0.25) is 0 Å². The third-order valence-electron chi connectivity index (χ3n) is 4.42. The average molecular weight is 397 g/mol. The molecule has 1 saturated heterocycles. The molecule has 1 N–H and O–H groups in total. The van der Waals surface area contributed by atoms with Crippen LogP contribution in [0.2, 0.25) is 5.02 Å². The predicted octanol–water partition coefficient (Wildman–Crippen LogP) is 4.51. The lowest BCUT2D eigenvalue weighted by Gasteiger charge is -2.14. The second kappa shape index (κ2) is 6.98. The molecule has 2 amide bonds. The van der Waals surface area contributed by atoms with Gasteiger partial charge in [-0.3, -0.25) is 15.0 Å². The van der Waals surface area contributed by atoms with Gasteiger partial charge in [-0.25, -0.2) is 9.40 Å². The summed E-state index contributed by atoms with van der Waals surface area (Å²) in [4.78, 5) is 24.8. The molecule has 1 aromatic heterocycles. The molecule has 2 heterocycles. The van der Waals surface area contributed by atoms with Crippen molar-refractivity contribution in [3.8, 4) is 11.3 Å². The minimum atomic E-state index is -0.564. The molecule has 1 fully saturated rings. The van der Waals surface area contributed by atoms with Crippen molar-refractivity contribution in [2.45, 2.75) is 6.92 Å². The number of hydrogen-bond donors (Lipinski definition) is 1. The zero-order chi connectivity index (χ0) is 19.8. The molecule has 0 radical (unpaired) electrons. The van der Waals surface area contributed by atoms with Crippen molar-refractivity contribution in [2.75, 3.05) is 5.01 Å². The Labute approximate surface area is 165 Å². The second-order valence-electron chi connectivity index (χ2n) is 6.23. The number of nitrogens with one attached hydrogen (secondary N) is 1. The van der Waals surface area contributed by atoms with Crippen LogP contribution in [0.3, 0.4) is 0 Å². The molecule has 3 aromatic rings. The van der Waals surface area contributed by atoms with E-state index >= 15 is 0 Å². The molecule has 0 spiro atoms. The third-order valence-corrected chi connectivity index (χ3v) is 4.83. The number of rotatable bonds is 3. The van der Waals surface area contributed by atoms with Gasteiger partial charge < -0.3 is 4.42 Å². The minimum Gasteiger partial charge on any atom is -0.457 e. The van der Waals surface area contributed by atoms with Gasteiger partial charge in [-0.2, -0.15) is 0 Å². The first kappa shape index (κ1) is 18.0. The molecule has 0 unspecified atom stereocenters. The van der Waals surface area contributed by atoms with Crippen molar-refractivity contribution in [2.24, 2.45) is 0 Å². The zero-order valence-corrected chi connectivity index (χ0v) is 15.5. The number of furan rings is 1. The SMILES string of the molecule is Cc1c(Cl)cccc1-c1ccc(/C=C2/C(=O)NN(c3ccc(F)cc3)C2=O)o1. The maximum atomic E-state index is 13.1. The summed E-state index contributed by atoms with van der Waals surface area (Å²) in [6.45, 7) is 1.88. The van der Waals surface area contributed by atoms with Gasteiger partial charge in [0.25, 0.3) is 11.8 Å². The summed E-state index contributed by atoms with van der Waals surface area (Å²) in [5.74, 6) is -0.612. The fourth-order valence-electron chi connectivity index (χ4n) is 2.92. The van der Waals surface area contributed by atoms with Gasteiger partial charge in [0, 0.05) is 10.6 Å². The van der Waals surface area contributed by atoms with E-state index in [1.54, 1.807) is 18.2 Å². The quantitative estimate of drug-likeness (QED) is 0.523. The summed E-state index contributed by atoms with van der Waals surface area (Å²) in [7, 11) is 0. The standard InChI is InChI=1S/C21H14ClFN2O3/c1-12-16(3-2-4-18(12)22)19-10-9-15(28-19)11-17-20(26)24-25(21(17)27)14-7-5-13(23)6-8-14/h2-11H,1H3,(H,24,26)/b17-11-. The Morgan fingerprint density at radius 3 is 2.57 bits per heavy atom. The smallest absolute Gasteiger partial charge is 0.282 e. The molecule has 140 valence electrons. The number of hydrogen-bond acceptors (Lipinski definition) is 3. The fourth-order valence-corrected chi connectivity index (χ4v) is 3.10. The van der Waals surface area contributed by atoms with Crippen LogP contribution in [0.15, 0.2) is 64.6 Å². The van der Waals surface area contributed by atoms with Gasteiger partial charge in [0.15, 0.2) is 0 Å². The van der Waals surface area contributed by atoms with E-state index in [2.05, 4.69) is 5.43 Å². The lowest BCUT2D eigenvalue weighted by molar-refractivity contribution is -0.117. The van der Waals surface area contributed by atoms with Crippen LogP contribution in [0.5, 0.6) is 0 Å². The van der Waals surface area contributed by atoms with Gasteiger partial charge in [-0.15, -0.1) is 0 Å². The summed E-state index contributed by atoms with van der Waals surface area (Å²) in [5, 5.41) is 1.69. The largest absolute Gasteiger partial charge is 0.457 e. The second-order valence-corrected chi connectivity index (χ2v) is 6.64. The number of hydrazine groups is 1. The van der Waals surface area contributed by atoms with E-state index in [-0.39, 0.29) is 5.57 Å². The Balaban J connectivity index is 1.63. The third kappa shape index (κ3) is 3.18. The number of halogens is 2. The lowest BCUT2D eigenvalue weighted by atomic mass is 10.1. The normalized spacial score (nSPS) is 15.4. The number of benzene rings is 2. The average Bonchev–Trinajstić information content (AvgIpc) is 3.25. The monoisotopic (exact) mass is 396 g/mol. The maximum Gasteiger partial charge on any atom is 0.282 e. The number of nitrogens with zero attached hydrogens (tertiary/aromatic N) is 1. The van der Waals surface area contributed by atoms with Crippen LogP contribution >= 0.6 is 11.6 Å². The molecule has 4 rings (SSSR count). The molecule has 2 aromatic carbocycles. The Morgan fingerprint density at radius 1 is 1.07 bits per heavy atom. The molecule has 0 bridgehead atoms.